The minimum absolute atomic E-state index is 0.164. The Morgan fingerprint density at radius 1 is 1.50 bits per heavy atom. The molecule has 0 aliphatic carbocycles. The highest BCUT2D eigenvalue weighted by atomic mass is 32.2. The lowest BCUT2D eigenvalue weighted by Gasteiger charge is -2.31. The minimum atomic E-state index is -3.90. The molecule has 1 heterocycles. The summed E-state index contributed by atoms with van der Waals surface area (Å²) in [6, 6.07) is 3.61. The predicted octanol–water partition coefficient (Wildman–Crippen LogP) is 1.12. The molecule has 112 valence electrons. The third kappa shape index (κ3) is 3.01. The van der Waals surface area contributed by atoms with E-state index in [9.17, 15) is 12.8 Å². The van der Waals surface area contributed by atoms with Gasteiger partial charge in [0.1, 0.15) is 10.7 Å². The lowest BCUT2D eigenvalue weighted by atomic mass is 10.1. The summed E-state index contributed by atoms with van der Waals surface area (Å²) in [6.45, 7) is 0.246. The van der Waals surface area contributed by atoms with E-state index in [0.717, 1.165) is 12.5 Å². The summed E-state index contributed by atoms with van der Waals surface area (Å²) < 4.78 is 45.2. The summed E-state index contributed by atoms with van der Waals surface area (Å²) in [5.41, 5.74) is 0.366. The van der Waals surface area contributed by atoms with Gasteiger partial charge in [0, 0.05) is 20.2 Å². The molecule has 1 fully saturated rings. The number of methoxy groups -OCH3 is 1. The second-order valence-corrected chi connectivity index (χ2v) is 6.69. The number of hydrogen-bond acceptors (Lipinski definition) is 4. The molecule has 1 N–H and O–H groups in total. The number of aliphatic hydroxyl groups is 1. The maximum atomic E-state index is 13.8. The number of rotatable bonds is 4. The Hall–Kier alpha value is -1.02. The molecule has 0 saturated carbocycles. The van der Waals surface area contributed by atoms with Crippen LogP contribution in [-0.4, -0.2) is 44.1 Å². The van der Waals surface area contributed by atoms with Gasteiger partial charge in [-0.15, -0.1) is 0 Å². The molecule has 1 atom stereocenters. The smallest absolute Gasteiger partial charge is 0.246 e. The van der Waals surface area contributed by atoms with Crippen molar-refractivity contribution < 1.29 is 22.7 Å². The van der Waals surface area contributed by atoms with E-state index in [1.165, 1.54) is 23.5 Å². The Morgan fingerprint density at radius 2 is 2.25 bits per heavy atom. The van der Waals surface area contributed by atoms with Crippen LogP contribution in [0.3, 0.4) is 0 Å². The number of hydrogen-bond donors (Lipinski definition) is 1. The number of benzene rings is 1. The van der Waals surface area contributed by atoms with E-state index in [2.05, 4.69) is 0 Å². The zero-order valence-electron chi connectivity index (χ0n) is 11.3. The van der Waals surface area contributed by atoms with Crippen LogP contribution in [0.25, 0.3) is 0 Å². The fourth-order valence-electron chi connectivity index (χ4n) is 2.30. The molecule has 0 amide bonds. The van der Waals surface area contributed by atoms with Gasteiger partial charge in [0.15, 0.2) is 0 Å². The molecule has 0 radical (unpaired) electrons. The second kappa shape index (κ2) is 6.17. The van der Waals surface area contributed by atoms with Crippen molar-refractivity contribution in [1.29, 1.82) is 0 Å². The summed E-state index contributed by atoms with van der Waals surface area (Å²) >= 11 is 0. The normalized spacial score (nSPS) is 21.1. The highest BCUT2D eigenvalue weighted by molar-refractivity contribution is 7.89. The molecule has 1 aliphatic rings. The van der Waals surface area contributed by atoms with Gasteiger partial charge in [-0.2, -0.15) is 4.31 Å². The molecule has 1 aliphatic heterocycles. The fourth-order valence-corrected chi connectivity index (χ4v) is 3.92. The molecule has 1 aromatic carbocycles. The first-order valence-corrected chi connectivity index (χ1v) is 7.85. The summed E-state index contributed by atoms with van der Waals surface area (Å²) in [6.07, 6.45) is 1.31. The third-order valence-corrected chi connectivity index (χ3v) is 5.35. The zero-order chi connectivity index (χ0) is 14.8. The first-order chi connectivity index (χ1) is 9.48. The number of halogens is 1. The van der Waals surface area contributed by atoms with E-state index < -0.39 is 15.8 Å². The first kappa shape index (κ1) is 15.4. The predicted molar refractivity (Wildman–Crippen MR) is 71.1 cm³/mol. The van der Waals surface area contributed by atoms with E-state index in [1.54, 1.807) is 0 Å². The van der Waals surface area contributed by atoms with Crippen molar-refractivity contribution in [2.45, 2.75) is 30.4 Å². The molecule has 7 heteroatoms. The largest absolute Gasteiger partial charge is 0.392 e. The summed E-state index contributed by atoms with van der Waals surface area (Å²) in [5, 5.41) is 9.06. The van der Waals surface area contributed by atoms with Crippen molar-refractivity contribution in [3.05, 3.63) is 29.6 Å². The van der Waals surface area contributed by atoms with Gasteiger partial charge in [-0.05, 0) is 30.5 Å². The molecule has 1 aromatic rings. The lowest BCUT2D eigenvalue weighted by molar-refractivity contribution is 0.0571. The van der Waals surface area contributed by atoms with E-state index >= 15 is 0 Å². The molecule has 1 unspecified atom stereocenters. The average Bonchev–Trinajstić information content (AvgIpc) is 2.47. The Morgan fingerprint density at radius 3 is 2.90 bits per heavy atom. The highest BCUT2D eigenvalue weighted by Crippen LogP contribution is 2.24. The Kier molecular flexibility index (Phi) is 4.74. The van der Waals surface area contributed by atoms with Gasteiger partial charge >= 0.3 is 0 Å². The number of ether oxygens (including phenoxy) is 1. The summed E-state index contributed by atoms with van der Waals surface area (Å²) in [4.78, 5) is -0.388. The summed E-state index contributed by atoms with van der Waals surface area (Å²) in [7, 11) is -2.37. The van der Waals surface area contributed by atoms with Gasteiger partial charge < -0.3 is 9.84 Å². The zero-order valence-corrected chi connectivity index (χ0v) is 12.1. The van der Waals surface area contributed by atoms with E-state index in [1.807, 2.05) is 0 Å². The number of nitrogens with zero attached hydrogens (tertiary/aromatic N) is 1. The quantitative estimate of drug-likeness (QED) is 0.905. The molecule has 0 bridgehead atoms. The molecular formula is C13H18FNO4S. The van der Waals surface area contributed by atoms with Crippen molar-refractivity contribution in [2.75, 3.05) is 20.2 Å². The van der Waals surface area contributed by atoms with Crippen LogP contribution in [0.15, 0.2) is 23.1 Å². The van der Waals surface area contributed by atoms with Gasteiger partial charge in [-0.3, -0.25) is 0 Å². The molecule has 0 spiro atoms. The van der Waals surface area contributed by atoms with Crippen LogP contribution in [0.5, 0.6) is 0 Å². The van der Waals surface area contributed by atoms with Gasteiger partial charge in [-0.1, -0.05) is 6.07 Å². The maximum Gasteiger partial charge on any atom is 0.246 e. The van der Waals surface area contributed by atoms with Gasteiger partial charge in [-0.25, -0.2) is 12.8 Å². The van der Waals surface area contributed by atoms with E-state index in [0.29, 0.717) is 18.5 Å². The Balaban J connectivity index is 2.34. The second-order valence-electron chi connectivity index (χ2n) is 4.79. The molecule has 1 saturated heterocycles. The van der Waals surface area contributed by atoms with Crippen molar-refractivity contribution in [3.63, 3.8) is 0 Å². The van der Waals surface area contributed by atoms with Crippen molar-refractivity contribution >= 4 is 10.0 Å². The molecule has 5 nitrogen and oxygen atoms in total. The minimum Gasteiger partial charge on any atom is -0.392 e. The summed E-state index contributed by atoms with van der Waals surface area (Å²) in [5.74, 6) is -0.804. The number of aliphatic hydroxyl groups excluding tert-OH is 1. The number of piperidine rings is 1. The van der Waals surface area contributed by atoms with Gasteiger partial charge in [0.05, 0.1) is 12.7 Å². The first-order valence-electron chi connectivity index (χ1n) is 6.41. The lowest BCUT2D eigenvalue weighted by Crippen LogP contribution is -2.43. The van der Waals surface area contributed by atoms with Gasteiger partial charge in [0.2, 0.25) is 10.0 Å². The van der Waals surface area contributed by atoms with Crippen LogP contribution < -0.4 is 0 Å². The average molecular weight is 303 g/mol. The molecular weight excluding hydrogens is 285 g/mol. The van der Waals surface area contributed by atoms with E-state index in [-0.39, 0.29) is 24.2 Å². The molecule has 20 heavy (non-hydrogen) atoms. The topological polar surface area (TPSA) is 66.8 Å². The molecule has 2 rings (SSSR count). The van der Waals surface area contributed by atoms with Crippen molar-refractivity contribution in [1.82, 2.24) is 4.31 Å². The van der Waals surface area contributed by atoms with Crippen LogP contribution in [0.2, 0.25) is 0 Å². The van der Waals surface area contributed by atoms with Crippen LogP contribution >= 0.6 is 0 Å². The Labute approximate surface area is 118 Å². The van der Waals surface area contributed by atoms with Gasteiger partial charge in [0.25, 0.3) is 0 Å². The van der Waals surface area contributed by atoms with Crippen LogP contribution in [0.1, 0.15) is 18.4 Å². The van der Waals surface area contributed by atoms with Crippen molar-refractivity contribution in [3.8, 4) is 0 Å². The maximum absolute atomic E-state index is 13.8. The monoisotopic (exact) mass is 303 g/mol. The standard InChI is InChI=1S/C13H18FNO4S/c1-19-11-3-2-6-15(8-11)20(17,18)13-7-10(9-16)4-5-12(13)14/h4-5,7,11,16H,2-3,6,8-9H2,1H3. The number of sulfonamides is 1. The molecule has 0 aromatic heterocycles. The van der Waals surface area contributed by atoms with Crippen LogP contribution in [0, 0.1) is 5.82 Å². The van der Waals surface area contributed by atoms with Crippen molar-refractivity contribution in [2.24, 2.45) is 0 Å². The van der Waals surface area contributed by atoms with E-state index in [4.69, 9.17) is 9.84 Å². The Bertz CT molecular complexity index is 576. The third-order valence-electron chi connectivity index (χ3n) is 3.47. The SMILES string of the molecule is COC1CCCN(S(=O)(=O)c2cc(CO)ccc2F)C1. The van der Waals surface area contributed by atoms with Crippen LogP contribution in [0.4, 0.5) is 4.39 Å². The highest BCUT2D eigenvalue weighted by Gasteiger charge is 2.32. The van der Waals surface area contributed by atoms with Crippen LogP contribution in [-0.2, 0) is 21.4 Å². The fraction of sp³-hybridized carbons (Fsp3) is 0.538.